The van der Waals surface area contributed by atoms with Crippen molar-refractivity contribution in [3.05, 3.63) is 34.8 Å². The first-order valence-corrected chi connectivity index (χ1v) is 8.82. The molecule has 0 amide bonds. The Balaban J connectivity index is 2.37. The summed E-state index contributed by atoms with van der Waals surface area (Å²) in [5.74, 6) is -0.0773. The lowest BCUT2D eigenvalue weighted by molar-refractivity contribution is -0.109. The number of hydrogen-bond acceptors (Lipinski definition) is 5. The molecule has 1 aromatic heterocycles. The summed E-state index contributed by atoms with van der Waals surface area (Å²) in [5, 5.41) is 0.00930. The van der Waals surface area contributed by atoms with Crippen LogP contribution in [-0.4, -0.2) is 34.2 Å². The van der Waals surface area contributed by atoms with Crippen molar-refractivity contribution in [2.75, 3.05) is 5.75 Å². The molecule has 1 aliphatic heterocycles. The second kappa shape index (κ2) is 6.98. The van der Waals surface area contributed by atoms with Gasteiger partial charge in [0, 0.05) is 24.4 Å². The van der Waals surface area contributed by atoms with Crippen LogP contribution in [0.5, 0.6) is 0 Å². The fraction of sp³-hybridized carbons (Fsp3) is 0.529. The molecule has 0 atom stereocenters. The maximum absolute atomic E-state index is 13.7. The number of carbonyl (C=O) groups excluding carboxylic acids is 1. The molecule has 1 aliphatic rings. The van der Waals surface area contributed by atoms with Crippen molar-refractivity contribution in [3.63, 3.8) is 0 Å². The zero-order valence-corrected chi connectivity index (χ0v) is 15.8. The van der Waals surface area contributed by atoms with Crippen LogP contribution < -0.4 is 0 Å². The SMILES string of the molecule is CC(=O)SCC(=Cc1ccnc(F)c1C)B1OC(C)(C)C(C)(C)O1. The van der Waals surface area contributed by atoms with E-state index in [9.17, 15) is 9.18 Å². The molecule has 0 unspecified atom stereocenters. The third-order valence-corrected chi connectivity index (χ3v) is 5.41. The van der Waals surface area contributed by atoms with Gasteiger partial charge in [0.1, 0.15) is 0 Å². The Hall–Kier alpha value is -1.18. The molecule has 130 valence electrons. The molecule has 0 radical (unpaired) electrons. The molecule has 0 bridgehead atoms. The third-order valence-electron chi connectivity index (χ3n) is 4.52. The minimum atomic E-state index is -0.572. The van der Waals surface area contributed by atoms with Crippen LogP contribution in [0, 0.1) is 12.9 Å². The van der Waals surface area contributed by atoms with Gasteiger partial charge in [0.25, 0.3) is 0 Å². The molecular formula is C17H23BFNO3S. The van der Waals surface area contributed by atoms with Crippen LogP contribution in [0.1, 0.15) is 45.7 Å². The summed E-state index contributed by atoms with van der Waals surface area (Å²) in [6.45, 7) is 11.1. The van der Waals surface area contributed by atoms with Crippen LogP contribution in [0.15, 0.2) is 17.7 Å². The number of hydrogen-bond donors (Lipinski definition) is 0. The summed E-state index contributed by atoms with van der Waals surface area (Å²) < 4.78 is 25.9. The molecule has 0 N–H and O–H groups in total. The maximum Gasteiger partial charge on any atom is 0.491 e. The monoisotopic (exact) mass is 351 g/mol. The second-order valence-corrected chi connectivity index (χ2v) is 8.06. The normalized spacial score (nSPS) is 19.6. The molecular weight excluding hydrogens is 328 g/mol. The van der Waals surface area contributed by atoms with Crippen LogP contribution in [0.25, 0.3) is 6.08 Å². The van der Waals surface area contributed by atoms with E-state index in [0.29, 0.717) is 16.9 Å². The number of thioether (sulfide) groups is 1. The average Bonchev–Trinajstić information content (AvgIpc) is 2.67. The Morgan fingerprint density at radius 2 is 1.92 bits per heavy atom. The Morgan fingerprint density at radius 1 is 1.33 bits per heavy atom. The van der Waals surface area contributed by atoms with E-state index in [2.05, 4.69) is 4.98 Å². The average molecular weight is 351 g/mol. The summed E-state index contributed by atoms with van der Waals surface area (Å²) >= 11 is 1.18. The van der Waals surface area contributed by atoms with Crippen molar-refractivity contribution in [3.8, 4) is 0 Å². The molecule has 7 heteroatoms. The number of pyridine rings is 1. The molecule has 1 saturated heterocycles. The van der Waals surface area contributed by atoms with Gasteiger partial charge in [0.2, 0.25) is 5.95 Å². The van der Waals surface area contributed by atoms with Gasteiger partial charge in [0.05, 0.1) is 11.2 Å². The van der Waals surface area contributed by atoms with Crippen molar-refractivity contribution in [2.24, 2.45) is 0 Å². The van der Waals surface area contributed by atoms with Crippen molar-refractivity contribution >= 4 is 30.1 Å². The lowest BCUT2D eigenvalue weighted by atomic mass is 9.78. The topological polar surface area (TPSA) is 48.4 Å². The van der Waals surface area contributed by atoms with Gasteiger partial charge >= 0.3 is 7.12 Å². The van der Waals surface area contributed by atoms with Gasteiger partial charge < -0.3 is 9.31 Å². The summed E-state index contributed by atoms with van der Waals surface area (Å²) in [6.07, 6.45) is 3.26. The van der Waals surface area contributed by atoms with Gasteiger partial charge in [0.15, 0.2) is 5.12 Å². The molecule has 2 heterocycles. The predicted molar refractivity (Wildman–Crippen MR) is 96.1 cm³/mol. The molecule has 1 aromatic rings. The van der Waals surface area contributed by atoms with Crippen LogP contribution in [-0.2, 0) is 14.1 Å². The van der Waals surface area contributed by atoms with E-state index in [1.807, 2.05) is 33.8 Å². The van der Waals surface area contributed by atoms with Crippen molar-refractivity contribution < 1.29 is 18.5 Å². The standard InChI is InChI=1S/C17H23BFNO3S/c1-11-13(7-8-20-15(11)19)9-14(10-24-12(2)21)18-22-16(3,4)17(5,6)23-18/h7-9H,10H2,1-6H3. The van der Waals surface area contributed by atoms with E-state index in [4.69, 9.17) is 9.31 Å². The Morgan fingerprint density at radius 3 is 2.46 bits per heavy atom. The van der Waals surface area contributed by atoms with Crippen LogP contribution in [0.4, 0.5) is 4.39 Å². The predicted octanol–water partition coefficient (Wildman–Crippen LogP) is 3.82. The van der Waals surface area contributed by atoms with Crippen LogP contribution in [0.3, 0.4) is 0 Å². The fourth-order valence-corrected chi connectivity index (χ4v) is 2.83. The molecule has 1 fully saturated rings. The molecule has 0 spiro atoms. The molecule has 0 aromatic carbocycles. The van der Waals surface area contributed by atoms with Crippen LogP contribution in [0.2, 0.25) is 0 Å². The number of halogens is 1. The Kier molecular flexibility index (Phi) is 5.57. The van der Waals surface area contributed by atoms with Crippen molar-refractivity contribution in [1.82, 2.24) is 4.98 Å². The quantitative estimate of drug-likeness (QED) is 0.610. The highest BCUT2D eigenvalue weighted by atomic mass is 32.2. The van der Waals surface area contributed by atoms with Gasteiger partial charge in [-0.3, -0.25) is 4.79 Å². The van der Waals surface area contributed by atoms with E-state index >= 15 is 0 Å². The van der Waals surface area contributed by atoms with E-state index in [1.165, 1.54) is 24.9 Å². The lowest BCUT2D eigenvalue weighted by Crippen LogP contribution is -2.41. The highest BCUT2D eigenvalue weighted by Gasteiger charge is 2.52. The first kappa shape index (κ1) is 19.2. The van der Waals surface area contributed by atoms with E-state index in [1.54, 1.807) is 13.0 Å². The molecule has 24 heavy (non-hydrogen) atoms. The highest BCUT2D eigenvalue weighted by molar-refractivity contribution is 8.13. The number of rotatable bonds is 4. The van der Waals surface area contributed by atoms with E-state index < -0.39 is 24.3 Å². The Labute approximate surface area is 147 Å². The largest absolute Gasteiger partial charge is 0.491 e. The van der Waals surface area contributed by atoms with Gasteiger partial charge in [-0.25, -0.2) is 4.98 Å². The Bertz CT molecular complexity index is 660. The van der Waals surface area contributed by atoms with Gasteiger partial charge in [-0.2, -0.15) is 4.39 Å². The molecule has 0 saturated carbocycles. The number of aromatic nitrogens is 1. The molecule has 0 aliphatic carbocycles. The van der Waals surface area contributed by atoms with E-state index in [-0.39, 0.29) is 5.12 Å². The fourth-order valence-electron chi connectivity index (χ4n) is 2.24. The first-order valence-electron chi connectivity index (χ1n) is 7.84. The van der Waals surface area contributed by atoms with Gasteiger partial charge in [-0.15, -0.1) is 0 Å². The summed E-state index contributed by atoms with van der Waals surface area (Å²) in [6, 6.07) is 1.74. The number of carbonyl (C=O) groups is 1. The first-order chi connectivity index (χ1) is 11.0. The van der Waals surface area contributed by atoms with Gasteiger partial charge in [-0.05, 0) is 51.7 Å². The minimum absolute atomic E-state index is 0.00930. The zero-order chi connectivity index (χ0) is 18.1. The number of nitrogens with zero attached hydrogens (tertiary/aromatic N) is 1. The van der Waals surface area contributed by atoms with Crippen molar-refractivity contribution in [1.29, 1.82) is 0 Å². The van der Waals surface area contributed by atoms with E-state index in [0.717, 1.165) is 5.47 Å². The smallest absolute Gasteiger partial charge is 0.400 e. The highest BCUT2D eigenvalue weighted by Crippen LogP contribution is 2.39. The van der Waals surface area contributed by atoms with Gasteiger partial charge in [-0.1, -0.05) is 17.8 Å². The second-order valence-electron chi connectivity index (χ2n) is 6.90. The molecule has 4 nitrogen and oxygen atoms in total. The third kappa shape index (κ3) is 4.07. The lowest BCUT2D eigenvalue weighted by Gasteiger charge is -2.32. The summed E-state index contributed by atoms with van der Waals surface area (Å²) in [5.41, 5.74) is 1.00. The molecule has 2 rings (SSSR count). The van der Waals surface area contributed by atoms with Crippen molar-refractivity contribution in [2.45, 2.75) is 52.7 Å². The maximum atomic E-state index is 13.7. The summed E-state index contributed by atoms with van der Waals surface area (Å²) in [7, 11) is -0.572. The zero-order valence-electron chi connectivity index (χ0n) is 15.0. The van der Waals surface area contributed by atoms with Crippen LogP contribution >= 0.6 is 11.8 Å². The minimum Gasteiger partial charge on any atom is -0.400 e. The summed E-state index contributed by atoms with van der Waals surface area (Å²) in [4.78, 5) is 15.0.